The number of hydrogen-bond donors (Lipinski definition) is 2. The summed E-state index contributed by atoms with van der Waals surface area (Å²) in [7, 11) is 0. The zero-order valence-corrected chi connectivity index (χ0v) is 9.83. The van der Waals surface area contributed by atoms with Crippen LogP contribution in [0.5, 0.6) is 0 Å². The van der Waals surface area contributed by atoms with Gasteiger partial charge in [0.25, 0.3) is 5.91 Å². The number of aliphatic hydroxyl groups is 1. The fraction of sp³-hybridized carbons (Fsp3) is 0.417. The smallest absolute Gasteiger partial charge is 0.271 e. The van der Waals surface area contributed by atoms with E-state index in [1.54, 1.807) is 29.1 Å². The van der Waals surface area contributed by atoms with Crippen LogP contribution in [0.25, 0.3) is 5.78 Å². The molecule has 2 N–H and O–H groups in total. The minimum Gasteiger partial charge on any atom is -0.396 e. The minimum absolute atomic E-state index is 0.0902. The number of imidazole rings is 1. The van der Waals surface area contributed by atoms with Crippen molar-refractivity contribution in [2.24, 2.45) is 5.41 Å². The van der Waals surface area contributed by atoms with Crippen LogP contribution in [0.15, 0.2) is 24.7 Å². The van der Waals surface area contributed by atoms with Crippen LogP contribution in [-0.2, 0) is 0 Å². The first-order valence-electron chi connectivity index (χ1n) is 5.91. The number of amides is 1. The van der Waals surface area contributed by atoms with Crippen LogP contribution in [-0.4, -0.2) is 38.5 Å². The van der Waals surface area contributed by atoms with Gasteiger partial charge >= 0.3 is 0 Å². The van der Waals surface area contributed by atoms with E-state index in [1.165, 1.54) is 0 Å². The third-order valence-corrected chi connectivity index (χ3v) is 3.38. The molecule has 0 bridgehead atoms. The molecular weight excluding hydrogens is 232 g/mol. The summed E-state index contributed by atoms with van der Waals surface area (Å²) < 4.78 is 1.70. The first kappa shape index (κ1) is 11.2. The maximum absolute atomic E-state index is 11.9. The number of carbonyl (C=O) groups is 1. The first-order valence-corrected chi connectivity index (χ1v) is 5.91. The molecule has 6 nitrogen and oxygen atoms in total. The fourth-order valence-corrected chi connectivity index (χ4v) is 1.87. The van der Waals surface area contributed by atoms with Crippen molar-refractivity contribution in [3.8, 4) is 0 Å². The summed E-state index contributed by atoms with van der Waals surface area (Å²) in [6, 6.07) is 1.78. The van der Waals surface area contributed by atoms with Gasteiger partial charge in [0.1, 0.15) is 5.69 Å². The number of aliphatic hydroxyl groups excluding tert-OH is 1. The molecule has 0 aliphatic heterocycles. The van der Waals surface area contributed by atoms with Crippen molar-refractivity contribution >= 4 is 11.7 Å². The molecule has 3 rings (SSSR count). The van der Waals surface area contributed by atoms with Crippen molar-refractivity contribution in [3.05, 3.63) is 30.4 Å². The van der Waals surface area contributed by atoms with Crippen LogP contribution in [0.3, 0.4) is 0 Å². The molecule has 2 heterocycles. The highest BCUT2D eigenvalue weighted by Gasteiger charge is 2.42. The maximum Gasteiger partial charge on any atom is 0.271 e. The quantitative estimate of drug-likeness (QED) is 0.809. The average Bonchev–Trinajstić information content (AvgIpc) is 3.05. The predicted octanol–water partition coefficient (Wildman–Crippen LogP) is 0.232. The van der Waals surface area contributed by atoms with Crippen LogP contribution in [0.1, 0.15) is 23.3 Å². The summed E-state index contributed by atoms with van der Waals surface area (Å²) in [5.41, 5.74) is 0.259. The van der Waals surface area contributed by atoms with Gasteiger partial charge in [-0.15, -0.1) is 0 Å². The molecule has 1 aliphatic carbocycles. The highest BCUT2D eigenvalue weighted by Crippen LogP contribution is 2.44. The van der Waals surface area contributed by atoms with Gasteiger partial charge in [-0.05, 0) is 18.9 Å². The zero-order chi connectivity index (χ0) is 12.6. The van der Waals surface area contributed by atoms with Crippen molar-refractivity contribution in [1.82, 2.24) is 19.7 Å². The lowest BCUT2D eigenvalue weighted by Crippen LogP contribution is -2.32. The maximum atomic E-state index is 11.9. The second kappa shape index (κ2) is 4.06. The van der Waals surface area contributed by atoms with Crippen LogP contribution in [0, 0.1) is 5.41 Å². The Kier molecular flexibility index (Phi) is 2.52. The fourth-order valence-electron chi connectivity index (χ4n) is 1.87. The number of hydrogen-bond acceptors (Lipinski definition) is 4. The molecular formula is C12H14N4O2. The summed E-state index contributed by atoms with van der Waals surface area (Å²) in [4.78, 5) is 20.1. The lowest BCUT2D eigenvalue weighted by Gasteiger charge is -2.11. The predicted molar refractivity (Wildman–Crippen MR) is 64.1 cm³/mol. The van der Waals surface area contributed by atoms with E-state index in [1.807, 2.05) is 0 Å². The third-order valence-electron chi connectivity index (χ3n) is 3.38. The molecule has 0 spiro atoms. The van der Waals surface area contributed by atoms with E-state index >= 15 is 0 Å². The Morgan fingerprint density at radius 2 is 2.39 bits per heavy atom. The van der Waals surface area contributed by atoms with E-state index in [0.29, 0.717) is 18.0 Å². The van der Waals surface area contributed by atoms with Gasteiger partial charge in [-0.2, -0.15) is 0 Å². The highest BCUT2D eigenvalue weighted by atomic mass is 16.3. The lowest BCUT2D eigenvalue weighted by atomic mass is 10.1. The number of nitrogens with zero attached hydrogens (tertiary/aromatic N) is 3. The average molecular weight is 246 g/mol. The summed E-state index contributed by atoms with van der Waals surface area (Å²) >= 11 is 0. The molecule has 94 valence electrons. The van der Waals surface area contributed by atoms with Gasteiger partial charge < -0.3 is 10.4 Å². The Bertz CT molecular complexity index is 556. The second-order valence-corrected chi connectivity index (χ2v) is 4.79. The Morgan fingerprint density at radius 3 is 3.06 bits per heavy atom. The zero-order valence-electron chi connectivity index (χ0n) is 9.83. The van der Waals surface area contributed by atoms with Crippen LogP contribution >= 0.6 is 0 Å². The molecule has 0 atom stereocenters. The van der Waals surface area contributed by atoms with E-state index in [2.05, 4.69) is 15.3 Å². The van der Waals surface area contributed by atoms with Crippen LogP contribution < -0.4 is 5.32 Å². The van der Waals surface area contributed by atoms with Gasteiger partial charge in [0.05, 0.1) is 6.61 Å². The van der Waals surface area contributed by atoms with Gasteiger partial charge in [0, 0.05) is 30.6 Å². The van der Waals surface area contributed by atoms with E-state index < -0.39 is 0 Å². The van der Waals surface area contributed by atoms with E-state index in [-0.39, 0.29) is 17.9 Å². The van der Waals surface area contributed by atoms with Gasteiger partial charge in [0.15, 0.2) is 0 Å². The van der Waals surface area contributed by atoms with Crippen molar-refractivity contribution in [2.45, 2.75) is 12.8 Å². The molecule has 1 saturated carbocycles. The van der Waals surface area contributed by atoms with Crippen molar-refractivity contribution in [2.75, 3.05) is 13.2 Å². The van der Waals surface area contributed by atoms with E-state index in [9.17, 15) is 9.90 Å². The molecule has 2 aromatic heterocycles. The highest BCUT2D eigenvalue weighted by molar-refractivity contribution is 5.92. The molecule has 1 fully saturated rings. The van der Waals surface area contributed by atoms with Crippen molar-refractivity contribution in [3.63, 3.8) is 0 Å². The van der Waals surface area contributed by atoms with Crippen molar-refractivity contribution in [1.29, 1.82) is 0 Å². The van der Waals surface area contributed by atoms with Gasteiger partial charge in [0.2, 0.25) is 5.78 Å². The van der Waals surface area contributed by atoms with E-state index in [4.69, 9.17) is 0 Å². The van der Waals surface area contributed by atoms with Crippen molar-refractivity contribution < 1.29 is 9.90 Å². The monoisotopic (exact) mass is 246 g/mol. The molecule has 0 aromatic carbocycles. The molecule has 0 unspecified atom stereocenters. The number of aromatic nitrogens is 3. The normalized spacial score (nSPS) is 16.7. The van der Waals surface area contributed by atoms with Crippen LogP contribution in [0.2, 0.25) is 0 Å². The Morgan fingerprint density at radius 1 is 1.56 bits per heavy atom. The topological polar surface area (TPSA) is 79.5 Å². The number of fused-ring (bicyclic) bond motifs is 1. The van der Waals surface area contributed by atoms with Gasteiger partial charge in [-0.1, -0.05) is 0 Å². The Labute approximate surface area is 104 Å². The SMILES string of the molecule is O=C(NCC1(CO)CC1)c1cn2cccnc2n1. The van der Waals surface area contributed by atoms with Gasteiger partial charge in [-0.3, -0.25) is 9.20 Å². The third kappa shape index (κ3) is 1.95. The Hall–Kier alpha value is -1.95. The standard InChI is InChI=1S/C12H14N4O2/c17-8-12(2-3-12)7-14-10(18)9-6-16-5-1-4-13-11(16)15-9/h1,4-6,17H,2-3,7-8H2,(H,14,18). The molecule has 0 saturated heterocycles. The summed E-state index contributed by atoms with van der Waals surface area (Å²) in [6.45, 7) is 0.629. The molecule has 6 heteroatoms. The van der Waals surface area contributed by atoms with Crippen LogP contribution in [0.4, 0.5) is 0 Å². The number of carbonyl (C=O) groups excluding carboxylic acids is 1. The molecule has 1 aliphatic rings. The second-order valence-electron chi connectivity index (χ2n) is 4.79. The number of rotatable bonds is 4. The summed E-state index contributed by atoms with van der Waals surface area (Å²) in [6.07, 6.45) is 7.01. The van der Waals surface area contributed by atoms with Gasteiger partial charge in [-0.25, -0.2) is 9.97 Å². The molecule has 18 heavy (non-hydrogen) atoms. The largest absolute Gasteiger partial charge is 0.396 e. The van der Waals surface area contributed by atoms with E-state index in [0.717, 1.165) is 12.8 Å². The summed E-state index contributed by atoms with van der Waals surface area (Å²) in [5, 5.41) is 12.0. The Balaban J connectivity index is 1.72. The molecule has 2 aromatic rings. The number of nitrogens with one attached hydrogen (secondary N) is 1. The summed E-state index contributed by atoms with van der Waals surface area (Å²) in [5.74, 6) is 0.283. The first-order chi connectivity index (χ1) is 8.72. The molecule has 0 radical (unpaired) electrons. The minimum atomic E-state index is -0.222. The lowest BCUT2D eigenvalue weighted by molar-refractivity contribution is 0.0931. The molecule has 1 amide bonds.